The van der Waals surface area contributed by atoms with Crippen LogP contribution in [-0.2, 0) is 4.43 Å². The van der Waals surface area contributed by atoms with Crippen molar-refractivity contribution >= 4 is 56.8 Å². The predicted octanol–water partition coefficient (Wildman–Crippen LogP) is 0.254. The number of alkyl halides is 3. The largest absolute Gasteiger partial charge is 0.671 e. The van der Waals surface area contributed by atoms with E-state index in [0.717, 1.165) is 0 Å². The molecule has 0 aromatic rings. The minimum atomic E-state index is -4.36. The molecule has 4 nitrogen and oxygen atoms in total. The van der Waals surface area contributed by atoms with E-state index in [2.05, 4.69) is 52.2 Å². The molecule has 62 valence electrons. The van der Waals surface area contributed by atoms with E-state index in [-0.39, 0.29) is 6.61 Å². The summed E-state index contributed by atoms with van der Waals surface area (Å²) in [6, 6.07) is 0. The van der Waals surface area contributed by atoms with Crippen molar-refractivity contribution < 1.29 is 18.8 Å². The Hall–Kier alpha value is 1.50. The fraction of sp³-hybridized carbons (Fsp3) is 1.00. The third-order valence-corrected chi connectivity index (χ3v) is 1.65. The maximum absolute atomic E-state index is 8.35. The quantitative estimate of drug-likeness (QED) is 0.488. The van der Waals surface area contributed by atoms with Crippen LogP contribution < -0.4 is 0 Å². The summed E-state index contributed by atoms with van der Waals surface area (Å²) in [4.78, 5) is 25.0. The van der Waals surface area contributed by atoms with Crippen LogP contribution in [0.25, 0.3) is 0 Å². The minimum Gasteiger partial charge on any atom is -0.368 e. The first-order valence-electron chi connectivity index (χ1n) is 2.08. The van der Waals surface area contributed by atoms with Crippen LogP contribution in [0, 0.1) is 0 Å². The van der Waals surface area contributed by atoms with Crippen LogP contribution in [0.3, 0.4) is 0 Å². The molecule has 0 fully saturated rings. The Kier molecular flexibility index (Phi) is 4.53. The number of hydrogen-bond acceptors (Lipinski definition) is 4. The lowest BCUT2D eigenvalue weighted by Crippen LogP contribution is -2.41. The standard InChI is InChI=1S/C2H5Br3O4Si/c3-2(4,5)1-9-10(6,7)8/h6-8H,1H2. The van der Waals surface area contributed by atoms with Gasteiger partial charge in [0, 0.05) is 0 Å². The highest BCUT2D eigenvalue weighted by Crippen LogP contribution is 2.33. The lowest BCUT2D eigenvalue weighted by molar-refractivity contribution is 0.0675. The molecule has 0 unspecified atom stereocenters. The van der Waals surface area contributed by atoms with Crippen molar-refractivity contribution in [1.29, 1.82) is 0 Å². The summed E-state index contributed by atoms with van der Waals surface area (Å²) in [6.45, 7) is -0.108. The lowest BCUT2D eigenvalue weighted by atomic mass is 10.9. The summed E-state index contributed by atoms with van der Waals surface area (Å²) >= 11 is 9.09. The van der Waals surface area contributed by atoms with Gasteiger partial charge in [-0.2, -0.15) is 0 Å². The van der Waals surface area contributed by atoms with Gasteiger partial charge in [0.25, 0.3) is 0 Å². The van der Waals surface area contributed by atoms with Crippen LogP contribution >= 0.6 is 47.8 Å². The van der Waals surface area contributed by atoms with E-state index >= 15 is 0 Å². The normalized spacial score (nSPS) is 13.8. The maximum Gasteiger partial charge on any atom is 0.671 e. The second-order valence-electron chi connectivity index (χ2n) is 1.48. The van der Waals surface area contributed by atoms with E-state index in [9.17, 15) is 0 Å². The zero-order valence-corrected chi connectivity index (χ0v) is 10.3. The van der Waals surface area contributed by atoms with E-state index in [4.69, 9.17) is 14.4 Å². The zero-order valence-electron chi connectivity index (χ0n) is 4.59. The molecule has 0 aliphatic heterocycles. The summed E-state index contributed by atoms with van der Waals surface area (Å²) in [5, 5.41) is 0. The Balaban J connectivity index is 3.56. The average Bonchev–Trinajstić information content (AvgIpc) is 1.57. The summed E-state index contributed by atoms with van der Waals surface area (Å²) in [7, 11) is -4.36. The smallest absolute Gasteiger partial charge is 0.368 e. The van der Waals surface area contributed by atoms with Crippen molar-refractivity contribution in [3.05, 3.63) is 0 Å². The van der Waals surface area contributed by atoms with Crippen molar-refractivity contribution in [2.45, 2.75) is 2.14 Å². The van der Waals surface area contributed by atoms with Crippen LogP contribution in [0.2, 0.25) is 0 Å². The van der Waals surface area contributed by atoms with E-state index in [1.165, 1.54) is 0 Å². The molecule has 0 spiro atoms. The van der Waals surface area contributed by atoms with Gasteiger partial charge < -0.3 is 18.8 Å². The fourth-order valence-corrected chi connectivity index (χ4v) is 1.57. The summed E-state index contributed by atoms with van der Waals surface area (Å²) < 4.78 is 3.54. The van der Waals surface area contributed by atoms with Crippen LogP contribution in [-0.4, -0.2) is 32.2 Å². The van der Waals surface area contributed by atoms with Gasteiger partial charge in [0.2, 0.25) is 0 Å². The predicted molar refractivity (Wildman–Crippen MR) is 47.9 cm³/mol. The van der Waals surface area contributed by atoms with Crippen molar-refractivity contribution in [3.8, 4) is 0 Å². The van der Waals surface area contributed by atoms with E-state index in [0.29, 0.717) is 0 Å². The fourth-order valence-electron chi connectivity index (χ4n) is 0.179. The van der Waals surface area contributed by atoms with Gasteiger partial charge >= 0.3 is 9.05 Å². The van der Waals surface area contributed by atoms with Crippen LogP contribution in [0.4, 0.5) is 0 Å². The van der Waals surface area contributed by atoms with Crippen molar-refractivity contribution in [2.24, 2.45) is 0 Å². The molecule has 0 saturated carbocycles. The average molecular weight is 361 g/mol. The van der Waals surface area contributed by atoms with E-state index in [1.54, 1.807) is 0 Å². The molecule has 8 heteroatoms. The molecule has 0 aromatic carbocycles. The van der Waals surface area contributed by atoms with Gasteiger partial charge in [-0.25, -0.2) is 0 Å². The van der Waals surface area contributed by atoms with Gasteiger partial charge in [-0.05, 0) is 0 Å². The van der Waals surface area contributed by atoms with Gasteiger partial charge in [0.1, 0.15) is 0 Å². The molecule has 10 heavy (non-hydrogen) atoms. The molecule has 0 atom stereocenters. The first-order valence-corrected chi connectivity index (χ1v) is 6.21. The van der Waals surface area contributed by atoms with Crippen molar-refractivity contribution in [3.63, 3.8) is 0 Å². The van der Waals surface area contributed by atoms with E-state index < -0.39 is 11.2 Å². The zero-order chi connectivity index (χ0) is 8.41. The number of rotatable bonds is 2. The number of halogens is 3. The summed E-state index contributed by atoms with van der Waals surface area (Å²) in [5.41, 5.74) is 0. The van der Waals surface area contributed by atoms with Crippen LogP contribution in [0.1, 0.15) is 0 Å². The Morgan fingerprint density at radius 1 is 1.20 bits per heavy atom. The van der Waals surface area contributed by atoms with Gasteiger partial charge in [0.15, 0.2) is 2.14 Å². The molecule has 0 aliphatic rings. The third-order valence-electron chi connectivity index (χ3n) is 0.429. The Bertz CT molecular complexity index is 92.1. The third kappa shape index (κ3) is 9.50. The molecule has 0 amide bonds. The Morgan fingerprint density at radius 3 is 1.70 bits per heavy atom. The molecule has 0 saturated heterocycles. The van der Waals surface area contributed by atoms with Crippen molar-refractivity contribution in [2.75, 3.05) is 6.61 Å². The molecule has 3 N–H and O–H groups in total. The Labute approximate surface area is 84.1 Å². The van der Waals surface area contributed by atoms with Gasteiger partial charge in [-0.1, -0.05) is 47.8 Å². The molecular formula is C2H5Br3O4Si. The summed E-state index contributed by atoms with van der Waals surface area (Å²) in [5.74, 6) is 0. The second-order valence-corrected chi connectivity index (χ2v) is 10.2. The molecule has 0 heterocycles. The molecular weight excluding hydrogens is 356 g/mol. The second kappa shape index (κ2) is 3.94. The minimum absolute atomic E-state index is 0.108. The highest BCUT2D eigenvalue weighted by molar-refractivity contribution is 9.39. The first-order chi connectivity index (χ1) is 4.21. The SMILES string of the molecule is O[Si](O)(O)OCC(Br)(Br)Br. The van der Waals surface area contributed by atoms with Gasteiger partial charge in [-0.3, -0.25) is 0 Å². The molecule has 0 aromatic heterocycles. The Morgan fingerprint density at radius 2 is 1.60 bits per heavy atom. The maximum atomic E-state index is 8.35. The first kappa shape index (κ1) is 11.5. The summed E-state index contributed by atoms with van der Waals surface area (Å²) in [6.07, 6.45) is 0. The van der Waals surface area contributed by atoms with Crippen LogP contribution in [0.5, 0.6) is 0 Å². The topological polar surface area (TPSA) is 69.9 Å². The highest BCUT2D eigenvalue weighted by Gasteiger charge is 2.34. The monoisotopic (exact) mass is 358 g/mol. The van der Waals surface area contributed by atoms with E-state index in [1.807, 2.05) is 0 Å². The van der Waals surface area contributed by atoms with Crippen LogP contribution in [0.15, 0.2) is 0 Å². The highest BCUT2D eigenvalue weighted by atomic mass is 80.0. The molecule has 0 radical (unpaired) electrons. The molecule has 0 aliphatic carbocycles. The lowest BCUT2D eigenvalue weighted by Gasteiger charge is -2.15. The molecule has 0 rings (SSSR count). The number of hydrogen-bond donors (Lipinski definition) is 3. The van der Waals surface area contributed by atoms with Gasteiger partial charge in [0.05, 0.1) is 6.61 Å². The van der Waals surface area contributed by atoms with Crippen molar-refractivity contribution in [1.82, 2.24) is 0 Å². The molecule has 0 bridgehead atoms. The van der Waals surface area contributed by atoms with Gasteiger partial charge in [-0.15, -0.1) is 0 Å².